The molecular weight excluding hydrogens is 819 g/mol. The molecule has 5 aliphatic rings. The van der Waals surface area contributed by atoms with Gasteiger partial charge in [-0.25, -0.2) is 23.0 Å². The Kier molecular flexibility index (Phi) is 13.0. The van der Waals surface area contributed by atoms with Crippen LogP contribution in [0, 0.1) is 17.3 Å². The van der Waals surface area contributed by atoms with Crippen molar-refractivity contribution in [2.24, 2.45) is 17.3 Å². The Hall–Kier alpha value is -5.13. The van der Waals surface area contributed by atoms with E-state index in [-0.39, 0.29) is 43.8 Å². The number of aromatic nitrogens is 1. The normalized spacial score (nSPS) is 26.8. The third-order valence-corrected chi connectivity index (χ3v) is 14.9. The van der Waals surface area contributed by atoms with Crippen molar-refractivity contribution in [2.45, 2.75) is 127 Å². The molecule has 2 aromatic rings. The molecule has 62 heavy (non-hydrogen) atoms. The summed E-state index contributed by atoms with van der Waals surface area (Å²) in [4.78, 5) is 77.7. The van der Waals surface area contributed by atoms with Crippen molar-refractivity contribution in [1.82, 2.24) is 30.6 Å². The maximum Gasteiger partial charge on any atom is 0.407 e. The van der Waals surface area contributed by atoms with Gasteiger partial charge in [-0.05, 0) is 81.3 Å². The lowest BCUT2D eigenvalue weighted by atomic mass is 9.83. The van der Waals surface area contributed by atoms with E-state index in [0.717, 1.165) is 31.2 Å². The number of hydrogen-bond donors (Lipinski definition) is 4. The Morgan fingerprint density at radius 2 is 1.84 bits per heavy atom. The van der Waals surface area contributed by atoms with Crippen molar-refractivity contribution < 1.29 is 46.6 Å². The summed E-state index contributed by atoms with van der Waals surface area (Å²) in [5, 5.41) is 8.51. The number of urea groups is 1. The number of hydrogen-bond acceptors (Lipinski definition) is 11. The molecule has 3 heterocycles. The molecule has 5 atom stereocenters. The van der Waals surface area contributed by atoms with E-state index >= 15 is 4.79 Å². The molecule has 0 spiro atoms. The van der Waals surface area contributed by atoms with Gasteiger partial charge >= 0.3 is 12.1 Å². The summed E-state index contributed by atoms with van der Waals surface area (Å²) in [7, 11) is -0.765. The van der Waals surface area contributed by atoms with E-state index in [1.165, 1.54) is 15.9 Å². The summed E-state index contributed by atoms with van der Waals surface area (Å²) in [6.07, 6.45) is 7.15. The summed E-state index contributed by atoms with van der Waals surface area (Å²) < 4.78 is 46.4. The van der Waals surface area contributed by atoms with Crippen LogP contribution in [0.5, 0.6) is 11.5 Å². The summed E-state index contributed by atoms with van der Waals surface area (Å²) >= 11 is 0. The molecule has 0 radical (unpaired) electrons. The van der Waals surface area contributed by atoms with Crippen LogP contribution in [0.25, 0.3) is 10.9 Å². The third-order valence-electron chi connectivity index (χ3n) is 13.1. The number of carbonyl (C=O) groups is 5. The maximum atomic E-state index is 15.0. The lowest BCUT2D eigenvalue weighted by Crippen LogP contribution is -2.59. The van der Waals surface area contributed by atoms with Crippen molar-refractivity contribution in [3.63, 3.8) is 0 Å². The number of nitrogens with one attached hydrogen (secondary N) is 4. The Morgan fingerprint density at radius 3 is 2.50 bits per heavy atom. The number of anilines is 1. The first kappa shape index (κ1) is 44.9. The minimum atomic E-state index is -3.94. The van der Waals surface area contributed by atoms with Crippen LogP contribution >= 0.6 is 0 Å². The summed E-state index contributed by atoms with van der Waals surface area (Å²) in [6, 6.07) is 2.83. The van der Waals surface area contributed by atoms with Crippen molar-refractivity contribution in [3.05, 3.63) is 36.4 Å². The van der Waals surface area contributed by atoms with Crippen LogP contribution in [0.1, 0.15) is 97.0 Å². The van der Waals surface area contributed by atoms with Gasteiger partial charge in [0.2, 0.25) is 21.8 Å². The highest BCUT2D eigenvalue weighted by molar-refractivity contribution is 7.91. The highest BCUT2D eigenvalue weighted by atomic mass is 32.2. The van der Waals surface area contributed by atoms with Crippen molar-refractivity contribution >= 4 is 56.6 Å². The van der Waals surface area contributed by atoms with E-state index < -0.39 is 74.1 Å². The second-order valence-electron chi connectivity index (χ2n) is 18.3. The fraction of sp³-hybridized carbons (Fsp3) is 0.636. The van der Waals surface area contributed by atoms with Gasteiger partial charge in [0.05, 0.1) is 31.0 Å². The fourth-order valence-electron chi connectivity index (χ4n) is 9.14. The van der Waals surface area contributed by atoms with Gasteiger partial charge in [-0.3, -0.25) is 24.0 Å². The average Bonchev–Trinajstić information content (AvgIpc) is 4.18. The van der Waals surface area contributed by atoms with Crippen LogP contribution in [0.2, 0.25) is 0 Å². The van der Waals surface area contributed by atoms with E-state index in [4.69, 9.17) is 19.2 Å². The van der Waals surface area contributed by atoms with Gasteiger partial charge in [-0.15, -0.1) is 6.58 Å². The summed E-state index contributed by atoms with van der Waals surface area (Å²) in [6.45, 7) is 10.1. The zero-order chi connectivity index (χ0) is 44.6. The number of fused-ring (bicyclic) bond motifs is 3. The Balaban J connectivity index is 1.29. The van der Waals surface area contributed by atoms with E-state index in [1.54, 1.807) is 26.3 Å². The van der Waals surface area contributed by atoms with Crippen LogP contribution in [0.3, 0.4) is 0 Å². The maximum absolute atomic E-state index is 15.0. The zero-order valence-corrected chi connectivity index (χ0v) is 37.2. The van der Waals surface area contributed by atoms with Gasteiger partial charge in [-0.2, -0.15) is 0 Å². The number of amides is 6. The molecule has 4 fully saturated rings. The van der Waals surface area contributed by atoms with Crippen molar-refractivity contribution in [2.75, 3.05) is 38.8 Å². The van der Waals surface area contributed by atoms with E-state index in [0.29, 0.717) is 67.5 Å². The standard InChI is InChI=1S/C44H61N7O10S/c1-7-28-23-44(28,40(54)49-62(57,58)30-16-17-30)48-38(52)33-20-29-24-51(33)39(53)37(26-13-10-9-11-14-26)47-42(56)60-25-43(3,4)18-12-15-27-19-31-32(21-34(27)59-6)46-36(22-35(31)61-29)50(5)41(55)45-8-2/h7,19,21-22,26,28-30,33,37H,1,8-18,20,23-25H2,2-6H3,(H,45,55)(H,47,56)(H,48,52)(H,49,54)/t28-,29+,33-,37-,44?/m0/s1. The highest BCUT2D eigenvalue weighted by Gasteiger charge is 2.62. The second kappa shape index (κ2) is 17.9. The quantitative estimate of drug-likeness (QED) is 0.245. The molecular formula is C44H61N7O10S. The van der Waals surface area contributed by atoms with Gasteiger partial charge < -0.3 is 35.1 Å². The van der Waals surface area contributed by atoms with Gasteiger partial charge in [-0.1, -0.05) is 39.2 Å². The minimum Gasteiger partial charge on any atom is -0.496 e. The number of cyclic esters (lactones) is 1. The summed E-state index contributed by atoms with van der Waals surface area (Å²) in [5.41, 5.74) is -0.621. The monoisotopic (exact) mass is 879 g/mol. The molecule has 1 unspecified atom stereocenters. The Labute approximate surface area is 363 Å². The molecule has 17 nitrogen and oxygen atoms in total. The molecule has 338 valence electrons. The van der Waals surface area contributed by atoms with Crippen LogP contribution < -0.4 is 35.0 Å². The molecule has 3 saturated carbocycles. The van der Waals surface area contributed by atoms with Crippen molar-refractivity contribution in [1.29, 1.82) is 0 Å². The van der Waals surface area contributed by atoms with E-state index in [9.17, 15) is 27.6 Å². The second-order valence-corrected chi connectivity index (χ2v) is 20.3. The number of benzene rings is 1. The first-order chi connectivity index (χ1) is 29.5. The number of methoxy groups -OCH3 is 1. The topological polar surface area (TPSA) is 215 Å². The van der Waals surface area contributed by atoms with Gasteiger partial charge in [0, 0.05) is 43.5 Å². The molecule has 18 heteroatoms. The molecule has 1 aromatic carbocycles. The van der Waals surface area contributed by atoms with E-state index in [2.05, 4.69) is 27.3 Å². The number of alkyl carbamates (subject to hydrolysis) is 1. The number of sulfonamides is 1. The SMILES string of the molecule is C=C[C@H]1CC1(NC(=O)[C@@H]1C[C@@H]2CN1C(=O)[C@H](C1CCCCC1)NC(=O)OCC(C)(C)CCCc1cc3c(cc(N(C)C(=O)NCC)nc3cc1OC)O2)C(=O)NS(=O)(=O)C1CC1. The molecule has 6 amide bonds. The number of carbonyl (C=O) groups excluding carboxylic acids is 5. The number of pyridine rings is 1. The Morgan fingerprint density at radius 1 is 1.10 bits per heavy atom. The largest absolute Gasteiger partial charge is 0.496 e. The predicted octanol–water partition coefficient (Wildman–Crippen LogP) is 4.46. The fourth-order valence-corrected chi connectivity index (χ4v) is 10.5. The molecule has 1 saturated heterocycles. The highest BCUT2D eigenvalue weighted by Crippen LogP contribution is 2.46. The smallest absolute Gasteiger partial charge is 0.407 e. The molecule has 4 N–H and O–H groups in total. The number of aryl methyl sites for hydroxylation is 1. The van der Waals surface area contributed by atoms with E-state index in [1.807, 2.05) is 26.8 Å². The van der Waals surface area contributed by atoms with Crippen molar-refractivity contribution in [3.8, 4) is 11.5 Å². The number of nitrogens with zero attached hydrogens (tertiary/aromatic N) is 3. The lowest BCUT2D eigenvalue weighted by Gasteiger charge is -2.35. The molecule has 3 aliphatic carbocycles. The number of ether oxygens (including phenoxy) is 3. The summed E-state index contributed by atoms with van der Waals surface area (Å²) in [5.74, 6) is -1.54. The first-order valence-electron chi connectivity index (χ1n) is 21.9. The van der Waals surface area contributed by atoms with Crippen LogP contribution in [-0.4, -0.2) is 111 Å². The van der Waals surface area contributed by atoms with Gasteiger partial charge in [0.25, 0.3) is 5.91 Å². The van der Waals surface area contributed by atoms with Crippen LogP contribution in [0.4, 0.5) is 15.4 Å². The average molecular weight is 880 g/mol. The molecule has 1 aromatic heterocycles. The molecule has 2 aliphatic heterocycles. The first-order valence-corrected chi connectivity index (χ1v) is 23.5. The molecule has 7 rings (SSSR count). The predicted molar refractivity (Wildman–Crippen MR) is 231 cm³/mol. The minimum absolute atomic E-state index is 0.0151. The third kappa shape index (κ3) is 9.59. The lowest BCUT2D eigenvalue weighted by molar-refractivity contribution is -0.142. The van der Waals surface area contributed by atoms with Gasteiger partial charge in [0.15, 0.2) is 0 Å². The molecule has 4 bridgehead atoms. The van der Waals surface area contributed by atoms with Gasteiger partial charge in [0.1, 0.15) is 41.0 Å². The zero-order valence-electron chi connectivity index (χ0n) is 36.4. The van der Waals surface area contributed by atoms with Crippen LogP contribution in [0.15, 0.2) is 30.9 Å². The Bertz CT molecular complexity index is 2210. The van der Waals surface area contributed by atoms with Crippen LogP contribution in [-0.2, 0) is 35.6 Å². The number of rotatable bonds is 10.